The van der Waals surface area contributed by atoms with E-state index in [0.717, 1.165) is 89.9 Å². The molecule has 0 aromatic heterocycles. The zero-order chi connectivity index (χ0) is 61.9. The molecule has 0 rings (SSSR count). The van der Waals surface area contributed by atoms with Gasteiger partial charge in [-0.2, -0.15) is 0 Å². The Hall–Kier alpha value is -3.53. The maximum absolute atomic E-state index is 12.9. The minimum absolute atomic E-state index is 0.185. The molecule has 0 fully saturated rings. The Balaban J connectivity index is 4.01. The summed E-state index contributed by atoms with van der Waals surface area (Å²) in [6.07, 6.45) is 87.1. The quantitative estimate of drug-likeness (QED) is 0.0211. The van der Waals surface area contributed by atoms with Crippen molar-refractivity contribution in [2.75, 3.05) is 47.5 Å². The van der Waals surface area contributed by atoms with E-state index >= 15 is 0 Å². The van der Waals surface area contributed by atoms with E-state index in [1.54, 1.807) is 0 Å². The number of aliphatic carboxylic acids is 1. The molecular formula is C76H136NO8+. The van der Waals surface area contributed by atoms with Gasteiger partial charge in [-0.15, -0.1) is 0 Å². The van der Waals surface area contributed by atoms with Gasteiger partial charge in [-0.05, 0) is 89.9 Å². The number of hydrogen-bond acceptors (Lipinski definition) is 7. The second-order valence-electron chi connectivity index (χ2n) is 25.2. The number of carboxylic acids is 1. The van der Waals surface area contributed by atoms with Crippen LogP contribution >= 0.6 is 0 Å². The number of carbonyl (C=O) groups excluding carboxylic acids is 2. The molecule has 0 saturated carbocycles. The van der Waals surface area contributed by atoms with Gasteiger partial charge in [0.05, 0.1) is 34.4 Å². The summed E-state index contributed by atoms with van der Waals surface area (Å²) in [4.78, 5) is 37.6. The average Bonchev–Trinajstić information content (AvgIpc) is 3.49. The number of hydrogen-bond donors (Lipinski definition) is 1. The van der Waals surface area contributed by atoms with Crippen molar-refractivity contribution in [3.63, 3.8) is 0 Å². The fraction of sp³-hybridized carbons (Fsp3) is 0.776. The third kappa shape index (κ3) is 67.8. The van der Waals surface area contributed by atoms with Gasteiger partial charge in [0, 0.05) is 12.8 Å². The number of nitrogens with zero attached hydrogens (tertiary/aromatic N) is 1. The van der Waals surface area contributed by atoms with E-state index in [-0.39, 0.29) is 38.6 Å². The summed E-state index contributed by atoms with van der Waals surface area (Å²) >= 11 is 0. The van der Waals surface area contributed by atoms with Gasteiger partial charge in [0.1, 0.15) is 13.2 Å². The Morgan fingerprint density at radius 2 is 0.671 bits per heavy atom. The van der Waals surface area contributed by atoms with Crippen LogP contribution in [0.25, 0.3) is 0 Å². The van der Waals surface area contributed by atoms with E-state index in [1.165, 1.54) is 205 Å². The minimum atomic E-state index is -1.52. The summed E-state index contributed by atoms with van der Waals surface area (Å²) in [7, 11) is 5.98. The predicted octanol–water partition coefficient (Wildman–Crippen LogP) is 22.2. The molecule has 0 aliphatic rings. The van der Waals surface area contributed by atoms with E-state index in [1.807, 2.05) is 21.1 Å². The second-order valence-corrected chi connectivity index (χ2v) is 25.2. The zero-order valence-electron chi connectivity index (χ0n) is 56.3. The predicted molar refractivity (Wildman–Crippen MR) is 364 cm³/mol. The molecular weight excluding hydrogens is 1050 g/mol. The molecule has 492 valence electrons. The van der Waals surface area contributed by atoms with Crippen LogP contribution in [0.2, 0.25) is 0 Å². The number of allylic oxidation sites excluding steroid dienone is 14. The Labute approximate surface area is 525 Å². The van der Waals surface area contributed by atoms with E-state index in [9.17, 15) is 19.5 Å². The monoisotopic (exact) mass is 1190 g/mol. The standard InChI is InChI=1S/C76H135NO8/c1-6-8-10-12-14-16-18-20-22-24-26-28-29-30-31-32-33-34-35-36-37-38-39-40-41-42-43-44-45-47-49-51-53-55-57-59-61-63-65-67-74(79)85-72(71-84-76(75(80)81)82-69-68-77(3,4)5)70-83-73(78)66-64-62-60-58-56-54-52-50-48-46-27-25-23-21-19-17-15-13-11-9-7-2/h8,10,14,16,19-22,25-28,48,50,72,76H,6-7,9,11-13,15,17-18,23-24,29-47,49,51-71H2,1-5H3/p+1/b10-8-,16-14-,21-19-,22-20-,27-25-,28-26-,50-48-. The number of quaternary nitrogens is 1. The van der Waals surface area contributed by atoms with Crippen LogP contribution in [0.1, 0.15) is 322 Å². The summed E-state index contributed by atoms with van der Waals surface area (Å²) in [5.41, 5.74) is 0. The van der Waals surface area contributed by atoms with Gasteiger partial charge in [-0.25, -0.2) is 4.79 Å². The lowest BCUT2D eigenvalue weighted by Gasteiger charge is -2.25. The van der Waals surface area contributed by atoms with Crippen molar-refractivity contribution in [3.8, 4) is 0 Å². The summed E-state index contributed by atoms with van der Waals surface area (Å²) < 4.78 is 23.0. The Morgan fingerprint density at radius 3 is 1.00 bits per heavy atom. The third-order valence-corrected chi connectivity index (χ3v) is 15.6. The maximum Gasteiger partial charge on any atom is 0.361 e. The van der Waals surface area contributed by atoms with Crippen LogP contribution in [0.4, 0.5) is 0 Å². The number of esters is 2. The van der Waals surface area contributed by atoms with Crippen molar-refractivity contribution in [1.82, 2.24) is 0 Å². The van der Waals surface area contributed by atoms with Gasteiger partial charge in [0.25, 0.3) is 6.29 Å². The first-order valence-electron chi connectivity index (χ1n) is 35.8. The molecule has 2 unspecified atom stereocenters. The average molecular weight is 1190 g/mol. The highest BCUT2D eigenvalue weighted by atomic mass is 16.7. The topological polar surface area (TPSA) is 108 Å². The van der Waals surface area contributed by atoms with E-state index in [4.69, 9.17) is 18.9 Å². The van der Waals surface area contributed by atoms with Crippen LogP contribution in [0.5, 0.6) is 0 Å². The van der Waals surface area contributed by atoms with Crippen LogP contribution in [-0.2, 0) is 33.3 Å². The van der Waals surface area contributed by atoms with Gasteiger partial charge >= 0.3 is 17.9 Å². The van der Waals surface area contributed by atoms with Gasteiger partial charge in [-0.3, -0.25) is 9.59 Å². The number of unbranched alkanes of at least 4 members (excludes halogenated alkanes) is 37. The molecule has 0 spiro atoms. The van der Waals surface area contributed by atoms with Crippen LogP contribution < -0.4 is 0 Å². The summed E-state index contributed by atoms with van der Waals surface area (Å²) in [5.74, 6) is -2.01. The van der Waals surface area contributed by atoms with Gasteiger partial charge in [0.2, 0.25) is 0 Å². The van der Waals surface area contributed by atoms with Crippen molar-refractivity contribution in [3.05, 3.63) is 85.1 Å². The maximum atomic E-state index is 12.9. The summed E-state index contributed by atoms with van der Waals surface area (Å²) in [6.45, 7) is 4.77. The number of carboxylic acid groups (broad SMARTS) is 1. The Morgan fingerprint density at radius 1 is 0.365 bits per heavy atom. The number of carbonyl (C=O) groups is 3. The largest absolute Gasteiger partial charge is 0.477 e. The molecule has 0 aromatic carbocycles. The molecule has 0 radical (unpaired) electrons. The van der Waals surface area contributed by atoms with Crippen LogP contribution in [0.3, 0.4) is 0 Å². The first-order chi connectivity index (χ1) is 41.6. The van der Waals surface area contributed by atoms with Crippen molar-refractivity contribution >= 4 is 17.9 Å². The number of ether oxygens (including phenoxy) is 4. The van der Waals surface area contributed by atoms with E-state index in [2.05, 4.69) is 98.9 Å². The molecule has 85 heavy (non-hydrogen) atoms. The molecule has 9 heteroatoms. The van der Waals surface area contributed by atoms with Gasteiger partial charge in [0.15, 0.2) is 6.10 Å². The normalized spacial score (nSPS) is 13.2. The first-order valence-corrected chi connectivity index (χ1v) is 35.8. The molecule has 0 aliphatic heterocycles. The molecule has 0 saturated heterocycles. The Bertz CT molecular complexity index is 1670. The molecule has 0 heterocycles. The van der Waals surface area contributed by atoms with Crippen molar-refractivity contribution < 1.29 is 42.9 Å². The van der Waals surface area contributed by atoms with Crippen molar-refractivity contribution in [1.29, 1.82) is 0 Å². The first kappa shape index (κ1) is 81.5. The lowest BCUT2D eigenvalue weighted by atomic mass is 10.0. The number of rotatable bonds is 66. The molecule has 1 N–H and O–H groups in total. The fourth-order valence-electron chi connectivity index (χ4n) is 10.2. The van der Waals surface area contributed by atoms with Gasteiger partial charge in [-0.1, -0.05) is 304 Å². The van der Waals surface area contributed by atoms with Crippen molar-refractivity contribution in [2.24, 2.45) is 0 Å². The molecule has 0 aliphatic carbocycles. The minimum Gasteiger partial charge on any atom is -0.477 e. The smallest absolute Gasteiger partial charge is 0.361 e. The van der Waals surface area contributed by atoms with E-state index in [0.29, 0.717) is 11.0 Å². The fourth-order valence-corrected chi connectivity index (χ4v) is 10.2. The summed E-state index contributed by atoms with van der Waals surface area (Å²) in [5, 5.41) is 9.74. The highest BCUT2D eigenvalue weighted by Crippen LogP contribution is 2.18. The Kier molecular flexibility index (Phi) is 63.7. The van der Waals surface area contributed by atoms with E-state index < -0.39 is 24.3 Å². The lowest BCUT2D eigenvalue weighted by Crippen LogP contribution is -2.40. The molecule has 0 amide bonds. The highest BCUT2D eigenvalue weighted by Gasteiger charge is 2.25. The molecule has 9 nitrogen and oxygen atoms in total. The molecule has 0 aromatic rings. The van der Waals surface area contributed by atoms with Gasteiger partial charge < -0.3 is 28.5 Å². The van der Waals surface area contributed by atoms with Crippen LogP contribution in [0.15, 0.2) is 85.1 Å². The number of likely N-dealkylation sites (N-methyl/N-ethyl adjacent to an activating group) is 1. The van der Waals surface area contributed by atoms with Crippen molar-refractivity contribution in [2.45, 2.75) is 334 Å². The van der Waals surface area contributed by atoms with Crippen LogP contribution in [-0.4, -0.2) is 87.4 Å². The molecule has 0 bridgehead atoms. The second kappa shape index (κ2) is 66.4. The zero-order valence-corrected chi connectivity index (χ0v) is 56.3. The molecule has 2 atom stereocenters. The lowest BCUT2D eigenvalue weighted by molar-refractivity contribution is -0.870. The van der Waals surface area contributed by atoms with Crippen LogP contribution in [0, 0.1) is 0 Å². The third-order valence-electron chi connectivity index (χ3n) is 15.6. The summed E-state index contributed by atoms with van der Waals surface area (Å²) in [6, 6.07) is 0. The SMILES string of the molecule is CC/C=C\C/C=C\C/C=C\C/C=C\CCCCCCCCCCCCCCCCCCCCCCCCCCCCC(=O)OC(COC(=O)CCCCCCCC/C=C\C/C=C\C/C=C\CCCCCCC)COC(OCC[N+](C)(C)C)C(=O)O. The highest BCUT2D eigenvalue weighted by molar-refractivity contribution is 5.71.